The Morgan fingerprint density at radius 2 is 1.65 bits per heavy atom. The van der Waals surface area contributed by atoms with Crippen molar-refractivity contribution in [3.63, 3.8) is 0 Å². The van der Waals surface area contributed by atoms with Crippen LogP contribution in [0.2, 0.25) is 0 Å². The number of nitrogens with zero attached hydrogens (tertiary/aromatic N) is 1. The number of hydrogen-bond acceptors (Lipinski definition) is 4. The summed E-state index contributed by atoms with van der Waals surface area (Å²) in [6, 6.07) is 14.8. The molecule has 0 aromatic heterocycles. The van der Waals surface area contributed by atoms with E-state index in [0.717, 1.165) is 15.6 Å². The maximum atomic E-state index is 12.4. The van der Waals surface area contributed by atoms with Gasteiger partial charge in [-0.3, -0.25) is 9.69 Å². The summed E-state index contributed by atoms with van der Waals surface area (Å²) in [6.45, 7) is 2.99. The first kappa shape index (κ1) is 20.1. The van der Waals surface area contributed by atoms with Crippen LogP contribution in [0.15, 0.2) is 53.0 Å². The topological polar surface area (TPSA) is 58.6 Å². The Morgan fingerprint density at radius 3 is 2.23 bits per heavy atom. The van der Waals surface area contributed by atoms with Crippen LogP contribution in [0.25, 0.3) is 0 Å². The quantitative estimate of drug-likeness (QED) is 0.700. The summed E-state index contributed by atoms with van der Waals surface area (Å²) >= 11 is 3.42. The van der Waals surface area contributed by atoms with Crippen molar-refractivity contribution >= 4 is 27.8 Å². The van der Waals surface area contributed by atoms with Crippen LogP contribution >= 0.6 is 15.9 Å². The normalized spacial score (nSPS) is 11.9. The molecule has 0 aliphatic heterocycles. The third-order valence-electron chi connectivity index (χ3n) is 4.23. The number of rotatable bonds is 7. The molecule has 1 atom stereocenters. The average Bonchev–Trinajstić information content (AvgIpc) is 2.67. The highest BCUT2D eigenvalue weighted by Crippen LogP contribution is 2.13. The largest absolute Gasteiger partial charge is 0.465 e. The minimum Gasteiger partial charge on any atom is -0.465 e. The Kier molecular flexibility index (Phi) is 7.36. The summed E-state index contributed by atoms with van der Waals surface area (Å²) in [5, 5.41) is 2.93. The lowest BCUT2D eigenvalue weighted by molar-refractivity contribution is -0.125. The van der Waals surface area contributed by atoms with Crippen LogP contribution in [0.4, 0.5) is 0 Å². The molecule has 2 aromatic carbocycles. The van der Waals surface area contributed by atoms with Crippen LogP contribution in [0.5, 0.6) is 0 Å². The molecule has 5 nitrogen and oxygen atoms in total. The molecule has 26 heavy (non-hydrogen) atoms. The van der Waals surface area contributed by atoms with Crippen molar-refractivity contribution in [2.45, 2.75) is 26.1 Å². The molecule has 1 unspecified atom stereocenters. The molecular weight excluding hydrogens is 396 g/mol. The minimum atomic E-state index is -0.372. The van der Waals surface area contributed by atoms with Crippen LogP contribution in [0, 0.1) is 0 Å². The third-order valence-corrected chi connectivity index (χ3v) is 4.76. The smallest absolute Gasteiger partial charge is 0.337 e. The van der Waals surface area contributed by atoms with Gasteiger partial charge in [0.05, 0.1) is 18.7 Å². The number of methoxy groups -OCH3 is 1. The second-order valence-corrected chi connectivity index (χ2v) is 7.04. The SMILES string of the molecule is COC(=O)c1ccc(CNC(=O)C(C)N(C)Cc2ccc(Br)cc2)cc1. The zero-order chi connectivity index (χ0) is 19.1. The van der Waals surface area contributed by atoms with Crippen molar-refractivity contribution in [1.29, 1.82) is 0 Å². The Morgan fingerprint density at radius 1 is 1.08 bits per heavy atom. The number of halogens is 1. The molecule has 1 N–H and O–H groups in total. The molecule has 0 bridgehead atoms. The fourth-order valence-electron chi connectivity index (χ4n) is 2.43. The lowest BCUT2D eigenvalue weighted by Crippen LogP contribution is -2.42. The van der Waals surface area contributed by atoms with Crippen LogP contribution in [0.1, 0.15) is 28.4 Å². The average molecular weight is 419 g/mol. The fourth-order valence-corrected chi connectivity index (χ4v) is 2.69. The Labute approximate surface area is 162 Å². The van der Waals surface area contributed by atoms with Gasteiger partial charge in [0.1, 0.15) is 0 Å². The van der Waals surface area contributed by atoms with E-state index in [1.165, 1.54) is 7.11 Å². The van der Waals surface area contributed by atoms with Gasteiger partial charge in [0.2, 0.25) is 5.91 Å². The van der Waals surface area contributed by atoms with Gasteiger partial charge in [0.25, 0.3) is 0 Å². The zero-order valence-electron chi connectivity index (χ0n) is 15.2. The molecular formula is C20H23BrN2O3. The predicted molar refractivity (Wildman–Crippen MR) is 105 cm³/mol. The van der Waals surface area contributed by atoms with Crippen molar-refractivity contribution < 1.29 is 14.3 Å². The highest BCUT2D eigenvalue weighted by atomic mass is 79.9. The summed E-state index contributed by atoms with van der Waals surface area (Å²) < 4.78 is 5.71. The van der Waals surface area contributed by atoms with E-state index in [-0.39, 0.29) is 17.9 Å². The van der Waals surface area contributed by atoms with E-state index in [1.807, 2.05) is 55.3 Å². The van der Waals surface area contributed by atoms with Gasteiger partial charge in [0, 0.05) is 17.6 Å². The number of nitrogens with one attached hydrogen (secondary N) is 1. The summed E-state index contributed by atoms with van der Waals surface area (Å²) in [4.78, 5) is 25.8. The van der Waals surface area contributed by atoms with Gasteiger partial charge in [-0.15, -0.1) is 0 Å². The van der Waals surface area contributed by atoms with E-state index in [2.05, 4.69) is 26.0 Å². The van der Waals surface area contributed by atoms with Gasteiger partial charge in [0.15, 0.2) is 0 Å². The highest BCUT2D eigenvalue weighted by molar-refractivity contribution is 9.10. The van der Waals surface area contributed by atoms with Crippen molar-refractivity contribution in [2.75, 3.05) is 14.2 Å². The van der Waals surface area contributed by atoms with E-state index in [1.54, 1.807) is 12.1 Å². The molecule has 2 rings (SSSR count). The number of carbonyl (C=O) groups excluding carboxylic acids is 2. The zero-order valence-corrected chi connectivity index (χ0v) is 16.7. The summed E-state index contributed by atoms with van der Waals surface area (Å²) in [6.07, 6.45) is 0. The lowest BCUT2D eigenvalue weighted by atomic mass is 10.1. The second kappa shape index (κ2) is 9.50. The van der Waals surface area contributed by atoms with Crippen molar-refractivity contribution in [3.05, 3.63) is 69.7 Å². The number of esters is 1. The minimum absolute atomic E-state index is 0.0401. The van der Waals surface area contributed by atoms with E-state index in [9.17, 15) is 9.59 Å². The molecule has 1 amide bonds. The molecule has 0 fully saturated rings. The number of benzene rings is 2. The standard InChI is InChI=1S/C20H23BrN2O3/c1-14(23(2)13-16-6-10-18(21)11-7-16)19(24)22-12-15-4-8-17(9-5-15)20(25)26-3/h4-11,14H,12-13H2,1-3H3,(H,22,24). The molecule has 0 saturated carbocycles. The molecule has 0 spiro atoms. The number of hydrogen-bond donors (Lipinski definition) is 1. The number of likely N-dealkylation sites (N-methyl/N-ethyl adjacent to an activating group) is 1. The fraction of sp³-hybridized carbons (Fsp3) is 0.300. The molecule has 0 aliphatic rings. The van der Waals surface area contributed by atoms with Gasteiger partial charge in [-0.05, 0) is 49.4 Å². The van der Waals surface area contributed by atoms with Crippen LogP contribution in [0.3, 0.4) is 0 Å². The van der Waals surface area contributed by atoms with E-state index in [4.69, 9.17) is 0 Å². The molecule has 2 aromatic rings. The van der Waals surface area contributed by atoms with Crippen molar-refractivity contribution in [3.8, 4) is 0 Å². The number of carbonyl (C=O) groups is 2. The predicted octanol–water partition coefficient (Wildman–Crippen LogP) is 3.37. The Hall–Kier alpha value is -2.18. The monoisotopic (exact) mass is 418 g/mol. The van der Waals surface area contributed by atoms with Crippen LogP contribution in [-0.4, -0.2) is 37.0 Å². The maximum Gasteiger partial charge on any atom is 0.337 e. The van der Waals surface area contributed by atoms with Gasteiger partial charge in [-0.1, -0.05) is 40.2 Å². The van der Waals surface area contributed by atoms with Crippen molar-refractivity contribution in [2.24, 2.45) is 0 Å². The molecule has 0 saturated heterocycles. The molecule has 0 heterocycles. The first-order valence-corrected chi connectivity index (χ1v) is 9.09. The first-order valence-electron chi connectivity index (χ1n) is 8.30. The van der Waals surface area contributed by atoms with Crippen LogP contribution in [-0.2, 0) is 22.6 Å². The first-order chi connectivity index (χ1) is 12.4. The molecule has 6 heteroatoms. The van der Waals surface area contributed by atoms with Gasteiger partial charge in [-0.25, -0.2) is 4.79 Å². The van der Waals surface area contributed by atoms with Crippen molar-refractivity contribution in [1.82, 2.24) is 10.2 Å². The second-order valence-electron chi connectivity index (χ2n) is 6.12. The van der Waals surface area contributed by atoms with Gasteiger partial charge < -0.3 is 10.1 Å². The third kappa shape index (κ3) is 5.68. The molecule has 0 radical (unpaired) electrons. The molecule has 138 valence electrons. The summed E-state index contributed by atoms with van der Waals surface area (Å²) in [5.41, 5.74) is 2.56. The lowest BCUT2D eigenvalue weighted by Gasteiger charge is -2.24. The number of ether oxygens (including phenoxy) is 1. The van der Waals surface area contributed by atoms with Crippen LogP contribution < -0.4 is 5.32 Å². The van der Waals surface area contributed by atoms with Gasteiger partial charge >= 0.3 is 5.97 Å². The number of amides is 1. The maximum absolute atomic E-state index is 12.4. The van der Waals surface area contributed by atoms with Gasteiger partial charge in [-0.2, -0.15) is 0 Å². The van der Waals surface area contributed by atoms with E-state index >= 15 is 0 Å². The summed E-state index contributed by atoms with van der Waals surface area (Å²) in [7, 11) is 3.28. The Balaban J connectivity index is 1.86. The van der Waals surface area contributed by atoms with E-state index in [0.29, 0.717) is 18.7 Å². The van der Waals surface area contributed by atoms with E-state index < -0.39 is 0 Å². The summed E-state index contributed by atoms with van der Waals surface area (Å²) in [5.74, 6) is -0.412. The molecule has 0 aliphatic carbocycles. The Bertz CT molecular complexity index is 745. The highest BCUT2D eigenvalue weighted by Gasteiger charge is 2.18.